The molecule has 1 heterocycles. The molecule has 5 nitrogen and oxygen atoms in total. The van der Waals surface area contributed by atoms with E-state index < -0.39 is 0 Å². The Morgan fingerprint density at radius 2 is 1.39 bits per heavy atom. The predicted octanol–water partition coefficient (Wildman–Crippen LogP) is 4.68. The summed E-state index contributed by atoms with van der Waals surface area (Å²) in [7, 11) is 1.35. The molecule has 0 amide bonds. The van der Waals surface area contributed by atoms with Crippen LogP contribution in [0.5, 0.6) is 0 Å². The molecule has 0 spiro atoms. The van der Waals surface area contributed by atoms with Crippen LogP contribution in [-0.4, -0.2) is 24.0 Å². The SMILES string of the molecule is COC(=O)C[C@H](CC(=O)Cc1c(C)c(C)c(C)c(C)c1C)c1noc(C)c1C. The van der Waals surface area contributed by atoms with Crippen molar-refractivity contribution in [1.82, 2.24) is 5.16 Å². The van der Waals surface area contributed by atoms with E-state index in [0.29, 0.717) is 17.9 Å². The summed E-state index contributed by atoms with van der Waals surface area (Å²) in [5.74, 6) is 0.0921. The van der Waals surface area contributed by atoms with Crippen molar-refractivity contribution < 1.29 is 18.8 Å². The number of carbonyl (C=O) groups is 2. The highest BCUT2D eigenvalue weighted by molar-refractivity contribution is 5.83. The Morgan fingerprint density at radius 1 is 0.857 bits per heavy atom. The van der Waals surface area contributed by atoms with E-state index in [0.717, 1.165) is 11.1 Å². The summed E-state index contributed by atoms with van der Waals surface area (Å²) in [6.45, 7) is 14.2. The summed E-state index contributed by atoms with van der Waals surface area (Å²) in [5.41, 5.74) is 8.75. The Kier molecular flexibility index (Phi) is 6.81. The van der Waals surface area contributed by atoms with Gasteiger partial charge in [0.1, 0.15) is 11.5 Å². The van der Waals surface area contributed by atoms with Gasteiger partial charge >= 0.3 is 5.97 Å². The maximum atomic E-state index is 13.0. The molecule has 1 aromatic carbocycles. The Morgan fingerprint density at radius 3 is 1.86 bits per heavy atom. The minimum Gasteiger partial charge on any atom is -0.469 e. The number of ether oxygens (including phenoxy) is 1. The number of carbonyl (C=O) groups excluding carboxylic acids is 2. The van der Waals surface area contributed by atoms with Gasteiger partial charge in [-0.3, -0.25) is 9.59 Å². The van der Waals surface area contributed by atoms with Crippen LogP contribution >= 0.6 is 0 Å². The van der Waals surface area contributed by atoms with Gasteiger partial charge in [0.2, 0.25) is 0 Å². The van der Waals surface area contributed by atoms with Crippen LogP contribution < -0.4 is 0 Å². The highest BCUT2D eigenvalue weighted by atomic mass is 16.5. The smallest absolute Gasteiger partial charge is 0.306 e. The fourth-order valence-electron chi connectivity index (χ4n) is 3.75. The van der Waals surface area contributed by atoms with Gasteiger partial charge in [-0.25, -0.2) is 0 Å². The molecule has 28 heavy (non-hydrogen) atoms. The van der Waals surface area contributed by atoms with Gasteiger partial charge < -0.3 is 9.26 Å². The Balaban J connectivity index is 2.30. The lowest BCUT2D eigenvalue weighted by Crippen LogP contribution is -2.16. The third kappa shape index (κ3) is 4.34. The average Bonchev–Trinajstić information content (AvgIpc) is 3.00. The summed E-state index contributed by atoms with van der Waals surface area (Å²) < 4.78 is 10.1. The minimum absolute atomic E-state index is 0.0859. The van der Waals surface area contributed by atoms with Gasteiger partial charge in [0.25, 0.3) is 0 Å². The molecule has 0 saturated carbocycles. The van der Waals surface area contributed by atoms with E-state index in [1.807, 2.05) is 13.8 Å². The fourth-order valence-corrected chi connectivity index (χ4v) is 3.75. The molecular formula is C23H31NO4. The Hall–Kier alpha value is -2.43. The number of aryl methyl sites for hydroxylation is 1. The lowest BCUT2D eigenvalue weighted by molar-refractivity contribution is -0.141. The molecule has 1 aromatic heterocycles. The van der Waals surface area contributed by atoms with Gasteiger partial charge in [0.15, 0.2) is 0 Å². The molecule has 0 saturated heterocycles. The van der Waals surface area contributed by atoms with Crippen molar-refractivity contribution in [2.24, 2.45) is 0 Å². The first-order chi connectivity index (χ1) is 13.1. The van der Waals surface area contributed by atoms with E-state index >= 15 is 0 Å². The van der Waals surface area contributed by atoms with Gasteiger partial charge in [-0.1, -0.05) is 5.16 Å². The Bertz CT molecular complexity index is 879. The highest BCUT2D eigenvalue weighted by Gasteiger charge is 2.26. The molecular weight excluding hydrogens is 354 g/mol. The lowest BCUT2D eigenvalue weighted by atomic mass is 9.85. The van der Waals surface area contributed by atoms with Crippen LogP contribution in [0.1, 0.15) is 69.2 Å². The van der Waals surface area contributed by atoms with E-state index in [9.17, 15) is 9.59 Å². The summed E-state index contributed by atoms with van der Waals surface area (Å²) in [6, 6.07) is 0. The van der Waals surface area contributed by atoms with Gasteiger partial charge in [0.05, 0.1) is 19.2 Å². The number of methoxy groups -OCH3 is 1. The van der Waals surface area contributed by atoms with Crippen LogP contribution in [0, 0.1) is 48.5 Å². The van der Waals surface area contributed by atoms with E-state index in [2.05, 4.69) is 39.8 Å². The lowest BCUT2D eigenvalue weighted by Gasteiger charge is -2.19. The van der Waals surface area contributed by atoms with Gasteiger partial charge in [-0.05, 0) is 81.8 Å². The van der Waals surface area contributed by atoms with Gasteiger partial charge in [-0.15, -0.1) is 0 Å². The molecule has 0 aliphatic carbocycles. The zero-order valence-electron chi connectivity index (χ0n) is 18.3. The zero-order valence-corrected chi connectivity index (χ0v) is 18.3. The maximum absolute atomic E-state index is 13.0. The molecule has 152 valence electrons. The van der Waals surface area contributed by atoms with Crippen LogP contribution in [0.25, 0.3) is 0 Å². The van der Waals surface area contributed by atoms with Gasteiger partial charge in [-0.2, -0.15) is 0 Å². The molecule has 2 rings (SSSR count). The monoisotopic (exact) mass is 385 g/mol. The van der Waals surface area contributed by atoms with E-state index in [-0.39, 0.29) is 30.5 Å². The first-order valence-corrected chi connectivity index (χ1v) is 9.65. The number of nitrogens with zero attached hydrogens (tertiary/aromatic N) is 1. The van der Waals surface area contributed by atoms with E-state index in [1.165, 1.54) is 34.9 Å². The maximum Gasteiger partial charge on any atom is 0.306 e. The average molecular weight is 386 g/mol. The quantitative estimate of drug-likeness (QED) is 0.647. The number of esters is 1. The number of ketones is 1. The first-order valence-electron chi connectivity index (χ1n) is 9.65. The van der Waals surface area contributed by atoms with Crippen molar-refractivity contribution in [3.05, 3.63) is 50.4 Å². The second-order valence-electron chi connectivity index (χ2n) is 7.75. The largest absolute Gasteiger partial charge is 0.469 e. The van der Waals surface area contributed by atoms with E-state index in [4.69, 9.17) is 9.26 Å². The number of hydrogen-bond acceptors (Lipinski definition) is 5. The number of Topliss-reactive ketones (excluding diaryl/α,β-unsaturated/α-hetero) is 1. The number of rotatable bonds is 7. The molecule has 0 aliphatic rings. The second-order valence-corrected chi connectivity index (χ2v) is 7.75. The fraction of sp³-hybridized carbons (Fsp3) is 0.522. The normalized spacial score (nSPS) is 12.1. The summed E-state index contributed by atoms with van der Waals surface area (Å²) >= 11 is 0. The van der Waals surface area contributed by atoms with Crippen molar-refractivity contribution >= 4 is 11.8 Å². The van der Waals surface area contributed by atoms with Gasteiger partial charge in [0, 0.05) is 24.3 Å². The molecule has 0 N–H and O–H groups in total. The topological polar surface area (TPSA) is 69.4 Å². The molecule has 5 heteroatoms. The molecule has 0 radical (unpaired) electrons. The van der Waals surface area contributed by atoms with Crippen LogP contribution in [0.2, 0.25) is 0 Å². The molecule has 2 aromatic rings. The highest BCUT2D eigenvalue weighted by Crippen LogP contribution is 2.30. The predicted molar refractivity (Wildman–Crippen MR) is 109 cm³/mol. The van der Waals surface area contributed by atoms with Crippen LogP contribution in [-0.2, 0) is 20.7 Å². The molecule has 0 unspecified atom stereocenters. The number of hydrogen-bond donors (Lipinski definition) is 0. The van der Waals surface area contributed by atoms with Crippen molar-refractivity contribution in [2.45, 2.75) is 73.6 Å². The van der Waals surface area contributed by atoms with Crippen molar-refractivity contribution in [3.63, 3.8) is 0 Å². The van der Waals surface area contributed by atoms with Crippen molar-refractivity contribution in [3.8, 4) is 0 Å². The van der Waals surface area contributed by atoms with Crippen LogP contribution in [0.3, 0.4) is 0 Å². The number of aromatic nitrogens is 1. The molecule has 0 aliphatic heterocycles. The molecule has 1 atom stereocenters. The van der Waals surface area contributed by atoms with E-state index in [1.54, 1.807) is 0 Å². The van der Waals surface area contributed by atoms with Crippen molar-refractivity contribution in [1.29, 1.82) is 0 Å². The van der Waals surface area contributed by atoms with Crippen molar-refractivity contribution in [2.75, 3.05) is 7.11 Å². The Labute approximate surface area is 167 Å². The third-order valence-electron chi connectivity index (χ3n) is 6.22. The van der Waals surface area contributed by atoms with Crippen LogP contribution in [0.15, 0.2) is 4.52 Å². The molecule has 0 fully saturated rings. The number of benzene rings is 1. The summed E-state index contributed by atoms with van der Waals surface area (Å²) in [4.78, 5) is 24.9. The zero-order chi connectivity index (χ0) is 21.2. The summed E-state index contributed by atoms with van der Waals surface area (Å²) in [5, 5.41) is 4.10. The minimum atomic E-state index is -0.354. The van der Waals surface area contributed by atoms with Crippen LogP contribution in [0.4, 0.5) is 0 Å². The summed E-state index contributed by atoms with van der Waals surface area (Å²) in [6.07, 6.45) is 0.693. The first kappa shape index (κ1) is 21.9. The molecule has 0 bridgehead atoms. The second kappa shape index (κ2) is 8.72. The standard InChI is InChI=1S/C23H31NO4/c1-12-13(2)15(4)21(16(5)14(12)3)11-20(25)9-19(10-22(26)27-8)23-17(6)18(7)28-24-23/h19H,9-11H2,1-8H3/t19-/m0/s1. The third-order valence-corrected chi connectivity index (χ3v) is 6.22.